The highest BCUT2D eigenvalue weighted by molar-refractivity contribution is 7.99. The maximum atomic E-state index is 10.5. The Morgan fingerprint density at radius 3 is 2.94 bits per heavy atom. The number of carboxylic acids is 1. The Morgan fingerprint density at radius 1 is 1.65 bits per heavy atom. The Morgan fingerprint density at radius 2 is 2.41 bits per heavy atom. The van der Waals surface area contributed by atoms with Crippen molar-refractivity contribution in [2.45, 2.75) is 44.3 Å². The molecule has 0 amide bonds. The molecule has 1 saturated carbocycles. The zero-order chi connectivity index (χ0) is 12.3. The summed E-state index contributed by atoms with van der Waals surface area (Å²) in [6.45, 7) is 3.13. The summed E-state index contributed by atoms with van der Waals surface area (Å²) in [4.78, 5) is 10.5. The summed E-state index contributed by atoms with van der Waals surface area (Å²) in [5.74, 6) is -0.781. The smallest absolute Gasteiger partial charge is 0.313 e. The van der Waals surface area contributed by atoms with Crippen LogP contribution in [0.5, 0.6) is 0 Å². The van der Waals surface area contributed by atoms with Crippen molar-refractivity contribution in [3.05, 3.63) is 6.33 Å². The van der Waals surface area contributed by atoms with Crippen molar-refractivity contribution in [2.24, 2.45) is 5.41 Å². The van der Waals surface area contributed by atoms with Crippen LogP contribution in [-0.4, -0.2) is 31.6 Å². The van der Waals surface area contributed by atoms with E-state index in [1.807, 2.05) is 4.57 Å². The lowest BCUT2D eigenvalue weighted by atomic mass is 9.67. The van der Waals surface area contributed by atoms with Crippen LogP contribution in [0, 0.1) is 5.41 Å². The molecule has 0 aliphatic heterocycles. The molecule has 1 N–H and O–H groups in total. The van der Waals surface area contributed by atoms with E-state index >= 15 is 0 Å². The molecule has 5 nitrogen and oxygen atoms in total. The minimum absolute atomic E-state index is 0.0395. The third kappa shape index (κ3) is 2.80. The zero-order valence-electron chi connectivity index (χ0n) is 9.93. The molecule has 17 heavy (non-hydrogen) atoms. The van der Waals surface area contributed by atoms with Gasteiger partial charge in [0.05, 0.1) is 5.75 Å². The van der Waals surface area contributed by atoms with Gasteiger partial charge in [0.15, 0.2) is 5.16 Å². The minimum Gasteiger partial charge on any atom is -0.481 e. The van der Waals surface area contributed by atoms with Crippen LogP contribution in [-0.2, 0) is 11.3 Å². The Bertz CT molecular complexity index is 396. The predicted octanol–water partition coefficient (Wildman–Crippen LogP) is 2.04. The predicted molar refractivity (Wildman–Crippen MR) is 65.0 cm³/mol. The van der Waals surface area contributed by atoms with Gasteiger partial charge in [-0.15, -0.1) is 10.2 Å². The van der Waals surface area contributed by atoms with Crippen molar-refractivity contribution in [3.8, 4) is 0 Å². The maximum absolute atomic E-state index is 10.5. The van der Waals surface area contributed by atoms with Gasteiger partial charge in [-0.3, -0.25) is 4.79 Å². The summed E-state index contributed by atoms with van der Waals surface area (Å²) in [7, 11) is 0. The Balaban J connectivity index is 2.00. The topological polar surface area (TPSA) is 68.0 Å². The molecule has 0 spiro atoms. The molecular formula is C11H17N3O2S. The first-order valence-corrected chi connectivity index (χ1v) is 6.86. The number of hydrogen-bond donors (Lipinski definition) is 1. The summed E-state index contributed by atoms with van der Waals surface area (Å²) in [6.07, 6.45) is 6.68. The second kappa shape index (κ2) is 5.08. The molecule has 1 fully saturated rings. The molecular weight excluding hydrogens is 238 g/mol. The summed E-state index contributed by atoms with van der Waals surface area (Å²) >= 11 is 1.24. The fourth-order valence-electron chi connectivity index (χ4n) is 2.25. The molecule has 0 saturated heterocycles. The minimum atomic E-state index is -0.821. The third-order valence-corrected chi connectivity index (χ3v) is 4.54. The van der Waals surface area contributed by atoms with Crippen molar-refractivity contribution in [3.63, 3.8) is 0 Å². The van der Waals surface area contributed by atoms with Gasteiger partial charge in [0.2, 0.25) is 0 Å². The highest BCUT2D eigenvalue weighted by Gasteiger charge is 2.35. The van der Waals surface area contributed by atoms with Crippen LogP contribution >= 0.6 is 11.8 Å². The standard InChI is InChI=1S/C11H17N3O2S/c1-2-11(4-3-5-11)7-14-8-12-13-10(14)17-6-9(15)16/h8H,2-7H2,1H3,(H,15,16). The molecule has 0 radical (unpaired) electrons. The van der Waals surface area contributed by atoms with Crippen molar-refractivity contribution < 1.29 is 9.90 Å². The molecule has 1 aliphatic rings. The van der Waals surface area contributed by atoms with E-state index in [0.717, 1.165) is 13.0 Å². The van der Waals surface area contributed by atoms with E-state index in [0.29, 0.717) is 10.6 Å². The summed E-state index contributed by atoms with van der Waals surface area (Å²) < 4.78 is 2.00. The number of carbonyl (C=O) groups is 1. The second-order valence-electron chi connectivity index (χ2n) is 4.63. The molecule has 0 bridgehead atoms. The molecule has 6 heteroatoms. The van der Waals surface area contributed by atoms with Gasteiger partial charge in [0, 0.05) is 6.54 Å². The van der Waals surface area contributed by atoms with Crippen LogP contribution in [0.4, 0.5) is 0 Å². The van der Waals surface area contributed by atoms with Crippen LogP contribution in [0.3, 0.4) is 0 Å². The SMILES string of the molecule is CCC1(Cn2cnnc2SCC(=O)O)CCC1. The van der Waals surface area contributed by atoms with Crippen LogP contribution < -0.4 is 0 Å². The van der Waals surface area contributed by atoms with Gasteiger partial charge < -0.3 is 9.67 Å². The normalized spacial score (nSPS) is 17.7. The number of nitrogens with zero attached hydrogens (tertiary/aromatic N) is 3. The number of carboxylic acid groups (broad SMARTS) is 1. The van der Waals surface area contributed by atoms with E-state index in [1.165, 1.54) is 31.0 Å². The summed E-state index contributed by atoms with van der Waals surface area (Å²) in [6, 6.07) is 0. The molecule has 94 valence electrons. The van der Waals surface area contributed by atoms with E-state index < -0.39 is 5.97 Å². The first-order chi connectivity index (χ1) is 8.15. The molecule has 1 aromatic rings. The fourth-order valence-corrected chi connectivity index (χ4v) is 2.89. The average Bonchev–Trinajstić information content (AvgIpc) is 2.67. The summed E-state index contributed by atoms with van der Waals surface area (Å²) in [5, 5.41) is 17.2. The van der Waals surface area contributed by atoms with Crippen LogP contribution in [0.25, 0.3) is 0 Å². The van der Waals surface area contributed by atoms with Gasteiger partial charge in [-0.25, -0.2) is 0 Å². The average molecular weight is 255 g/mol. The van der Waals surface area contributed by atoms with Gasteiger partial charge in [-0.1, -0.05) is 25.1 Å². The lowest BCUT2D eigenvalue weighted by Gasteiger charge is -2.41. The Hall–Kier alpha value is -1.04. The molecule has 2 rings (SSSR count). The lowest BCUT2D eigenvalue weighted by Crippen LogP contribution is -2.33. The lowest BCUT2D eigenvalue weighted by molar-refractivity contribution is -0.133. The monoisotopic (exact) mass is 255 g/mol. The van der Waals surface area contributed by atoms with Gasteiger partial charge in [-0.2, -0.15) is 0 Å². The van der Waals surface area contributed by atoms with Crippen LogP contribution in [0.2, 0.25) is 0 Å². The number of aromatic nitrogens is 3. The van der Waals surface area contributed by atoms with Gasteiger partial charge in [0.25, 0.3) is 0 Å². The van der Waals surface area contributed by atoms with Crippen LogP contribution in [0.1, 0.15) is 32.6 Å². The quantitative estimate of drug-likeness (QED) is 0.788. The van der Waals surface area contributed by atoms with Crippen molar-refractivity contribution in [2.75, 3.05) is 5.75 Å². The number of aliphatic carboxylic acids is 1. The van der Waals surface area contributed by atoms with Gasteiger partial charge in [-0.05, 0) is 24.7 Å². The Labute approximate surface area is 105 Å². The first-order valence-electron chi connectivity index (χ1n) is 5.88. The first kappa shape index (κ1) is 12.4. The molecule has 1 aliphatic carbocycles. The third-order valence-electron chi connectivity index (χ3n) is 3.57. The second-order valence-corrected chi connectivity index (χ2v) is 5.57. The number of hydrogen-bond acceptors (Lipinski definition) is 4. The fraction of sp³-hybridized carbons (Fsp3) is 0.727. The number of thioether (sulfide) groups is 1. The summed E-state index contributed by atoms with van der Waals surface area (Å²) in [5.41, 5.74) is 0.390. The van der Waals surface area contributed by atoms with Crippen LogP contribution in [0.15, 0.2) is 11.5 Å². The van der Waals surface area contributed by atoms with Gasteiger partial charge >= 0.3 is 5.97 Å². The van der Waals surface area contributed by atoms with Crippen molar-refractivity contribution in [1.29, 1.82) is 0 Å². The molecule has 0 unspecified atom stereocenters. The highest BCUT2D eigenvalue weighted by Crippen LogP contribution is 2.45. The maximum Gasteiger partial charge on any atom is 0.313 e. The molecule has 1 heterocycles. The van der Waals surface area contributed by atoms with Crippen molar-refractivity contribution in [1.82, 2.24) is 14.8 Å². The molecule has 0 aromatic carbocycles. The van der Waals surface area contributed by atoms with E-state index in [2.05, 4.69) is 17.1 Å². The van der Waals surface area contributed by atoms with E-state index in [-0.39, 0.29) is 5.75 Å². The van der Waals surface area contributed by atoms with Gasteiger partial charge in [0.1, 0.15) is 6.33 Å². The van der Waals surface area contributed by atoms with E-state index in [1.54, 1.807) is 6.33 Å². The van der Waals surface area contributed by atoms with E-state index in [9.17, 15) is 4.79 Å². The number of rotatable bonds is 6. The largest absolute Gasteiger partial charge is 0.481 e. The Kier molecular flexibility index (Phi) is 3.71. The molecule has 1 aromatic heterocycles. The highest BCUT2D eigenvalue weighted by atomic mass is 32.2. The van der Waals surface area contributed by atoms with Crippen molar-refractivity contribution >= 4 is 17.7 Å². The molecule has 0 atom stereocenters. The zero-order valence-corrected chi connectivity index (χ0v) is 10.7. The van der Waals surface area contributed by atoms with E-state index in [4.69, 9.17) is 5.11 Å².